The van der Waals surface area contributed by atoms with Crippen molar-refractivity contribution in [3.8, 4) is 0 Å². The van der Waals surface area contributed by atoms with Crippen molar-refractivity contribution in [3.05, 3.63) is 35.9 Å². The van der Waals surface area contributed by atoms with Crippen LogP contribution in [-0.2, 0) is 9.53 Å². The Kier molecular flexibility index (Phi) is 3.93. The minimum Gasteiger partial charge on any atom is -0.453 e. The molecule has 0 bridgehead atoms. The van der Waals surface area contributed by atoms with E-state index in [4.69, 9.17) is 0 Å². The highest BCUT2D eigenvalue weighted by molar-refractivity contribution is 5.78. The lowest BCUT2D eigenvalue weighted by Crippen LogP contribution is -2.45. The first-order chi connectivity index (χ1) is 8.16. The van der Waals surface area contributed by atoms with Crippen molar-refractivity contribution >= 4 is 5.97 Å². The van der Waals surface area contributed by atoms with Gasteiger partial charge in [0.2, 0.25) is 0 Å². The molecule has 1 aromatic rings. The van der Waals surface area contributed by atoms with Crippen LogP contribution in [0.4, 0.5) is 22.0 Å². The summed E-state index contributed by atoms with van der Waals surface area (Å²) >= 11 is 0. The minimum absolute atomic E-state index is 0.323. The Morgan fingerprint density at radius 2 is 1.61 bits per heavy atom. The SMILES string of the molecule is CC(OC(=O)C(F)(F)C(F)(F)F)c1ccccc1. The van der Waals surface area contributed by atoms with Crippen LogP contribution in [0, 0.1) is 0 Å². The highest BCUT2D eigenvalue weighted by Gasteiger charge is 2.65. The van der Waals surface area contributed by atoms with Gasteiger partial charge in [0.15, 0.2) is 0 Å². The Balaban J connectivity index is 2.78. The average Bonchev–Trinajstić information content (AvgIpc) is 2.28. The molecule has 0 amide bonds. The molecule has 0 fully saturated rings. The number of esters is 1. The molecular weight excluding hydrogens is 259 g/mol. The van der Waals surface area contributed by atoms with E-state index in [9.17, 15) is 26.7 Å². The Labute approximate surface area is 99.4 Å². The number of ether oxygens (including phenoxy) is 1. The molecule has 1 aromatic carbocycles. The number of hydrogen-bond acceptors (Lipinski definition) is 2. The normalized spacial score (nSPS) is 14.1. The molecule has 0 aliphatic carbocycles. The van der Waals surface area contributed by atoms with Gasteiger partial charge in [0.25, 0.3) is 0 Å². The van der Waals surface area contributed by atoms with Crippen LogP contribution in [0.5, 0.6) is 0 Å². The van der Waals surface area contributed by atoms with Crippen molar-refractivity contribution in [3.63, 3.8) is 0 Å². The van der Waals surface area contributed by atoms with Gasteiger partial charge in [-0.3, -0.25) is 0 Å². The van der Waals surface area contributed by atoms with Crippen LogP contribution in [0.25, 0.3) is 0 Å². The molecule has 18 heavy (non-hydrogen) atoms. The maximum Gasteiger partial charge on any atom is 0.465 e. The molecule has 1 atom stereocenters. The number of carbonyl (C=O) groups is 1. The molecule has 1 rings (SSSR count). The Morgan fingerprint density at radius 3 is 2.06 bits per heavy atom. The number of alkyl halides is 5. The second-order valence-corrected chi connectivity index (χ2v) is 3.53. The van der Waals surface area contributed by atoms with Crippen molar-refractivity contribution in [1.82, 2.24) is 0 Å². The lowest BCUT2D eigenvalue weighted by molar-refractivity contribution is -0.282. The van der Waals surface area contributed by atoms with Gasteiger partial charge in [0, 0.05) is 0 Å². The summed E-state index contributed by atoms with van der Waals surface area (Å²) in [5, 5.41) is 0. The van der Waals surface area contributed by atoms with Gasteiger partial charge < -0.3 is 4.74 Å². The van der Waals surface area contributed by atoms with Crippen molar-refractivity contribution in [2.45, 2.75) is 25.1 Å². The molecule has 0 aromatic heterocycles. The number of carbonyl (C=O) groups excluding carboxylic acids is 1. The highest BCUT2D eigenvalue weighted by Crippen LogP contribution is 2.37. The Hall–Kier alpha value is -1.66. The summed E-state index contributed by atoms with van der Waals surface area (Å²) in [6.07, 6.45) is -7.15. The topological polar surface area (TPSA) is 26.3 Å². The largest absolute Gasteiger partial charge is 0.465 e. The fourth-order valence-electron chi connectivity index (χ4n) is 1.14. The van der Waals surface area contributed by atoms with E-state index in [0.29, 0.717) is 5.56 Å². The van der Waals surface area contributed by atoms with E-state index in [1.54, 1.807) is 18.2 Å². The molecule has 0 spiro atoms. The van der Waals surface area contributed by atoms with E-state index in [2.05, 4.69) is 4.74 Å². The van der Waals surface area contributed by atoms with E-state index >= 15 is 0 Å². The van der Waals surface area contributed by atoms with Crippen molar-refractivity contribution < 1.29 is 31.5 Å². The predicted octanol–water partition coefficient (Wildman–Crippen LogP) is 3.49. The molecule has 0 heterocycles. The summed E-state index contributed by atoms with van der Waals surface area (Å²) in [5.41, 5.74) is 0.323. The van der Waals surface area contributed by atoms with Gasteiger partial charge >= 0.3 is 18.1 Å². The molecule has 100 valence electrons. The van der Waals surface area contributed by atoms with Crippen LogP contribution < -0.4 is 0 Å². The first-order valence-corrected chi connectivity index (χ1v) is 4.87. The summed E-state index contributed by atoms with van der Waals surface area (Å²) in [5.74, 6) is -8.11. The first kappa shape index (κ1) is 14.4. The second-order valence-electron chi connectivity index (χ2n) is 3.53. The molecular formula is C11H9F5O2. The smallest absolute Gasteiger partial charge is 0.453 e. The molecule has 7 heteroatoms. The maximum atomic E-state index is 12.6. The third-order valence-corrected chi connectivity index (χ3v) is 2.17. The lowest BCUT2D eigenvalue weighted by atomic mass is 10.1. The van der Waals surface area contributed by atoms with Crippen molar-refractivity contribution in [2.24, 2.45) is 0 Å². The number of benzene rings is 1. The zero-order valence-electron chi connectivity index (χ0n) is 9.17. The average molecular weight is 268 g/mol. The molecule has 0 saturated heterocycles. The summed E-state index contributed by atoms with van der Waals surface area (Å²) < 4.78 is 65.0. The monoisotopic (exact) mass is 268 g/mol. The van der Waals surface area contributed by atoms with Gasteiger partial charge in [-0.25, -0.2) is 4.79 Å². The minimum atomic E-state index is -5.96. The van der Waals surface area contributed by atoms with Crippen molar-refractivity contribution in [2.75, 3.05) is 0 Å². The second kappa shape index (κ2) is 4.91. The van der Waals surface area contributed by atoms with Crippen LogP contribution >= 0.6 is 0 Å². The fraction of sp³-hybridized carbons (Fsp3) is 0.364. The van der Waals surface area contributed by atoms with Crippen LogP contribution in [0.3, 0.4) is 0 Å². The summed E-state index contributed by atoms with van der Waals surface area (Å²) in [6, 6.07) is 7.61. The zero-order chi connectivity index (χ0) is 14.0. The molecule has 1 unspecified atom stereocenters. The molecule has 2 nitrogen and oxygen atoms in total. The van der Waals surface area contributed by atoms with Gasteiger partial charge in [-0.15, -0.1) is 0 Å². The molecule has 0 aliphatic heterocycles. The molecule has 0 saturated carbocycles. The zero-order valence-corrected chi connectivity index (χ0v) is 9.17. The Bertz CT molecular complexity index is 413. The van der Waals surface area contributed by atoms with Gasteiger partial charge in [-0.05, 0) is 12.5 Å². The van der Waals surface area contributed by atoms with E-state index < -0.39 is 24.2 Å². The van der Waals surface area contributed by atoms with E-state index in [-0.39, 0.29) is 0 Å². The van der Waals surface area contributed by atoms with Crippen LogP contribution in [-0.4, -0.2) is 18.1 Å². The van der Waals surface area contributed by atoms with Gasteiger partial charge in [-0.1, -0.05) is 30.3 Å². The molecule has 0 N–H and O–H groups in total. The quantitative estimate of drug-likeness (QED) is 0.619. The predicted molar refractivity (Wildman–Crippen MR) is 52.0 cm³/mol. The van der Waals surface area contributed by atoms with Gasteiger partial charge in [0.1, 0.15) is 6.10 Å². The summed E-state index contributed by atoms with van der Waals surface area (Å²) in [7, 11) is 0. The first-order valence-electron chi connectivity index (χ1n) is 4.87. The van der Waals surface area contributed by atoms with Gasteiger partial charge in [0.05, 0.1) is 0 Å². The lowest BCUT2D eigenvalue weighted by Gasteiger charge is -2.20. The maximum absolute atomic E-state index is 12.6. The van der Waals surface area contributed by atoms with Crippen LogP contribution in [0.2, 0.25) is 0 Å². The van der Waals surface area contributed by atoms with Crippen LogP contribution in [0.15, 0.2) is 30.3 Å². The van der Waals surface area contributed by atoms with Crippen LogP contribution in [0.1, 0.15) is 18.6 Å². The van der Waals surface area contributed by atoms with E-state index in [1.807, 2.05) is 0 Å². The number of rotatable bonds is 3. The standard InChI is InChI=1S/C11H9F5O2/c1-7(8-5-3-2-4-6-8)18-9(17)10(12,13)11(14,15)16/h2-7H,1H3. The summed E-state index contributed by atoms with van der Waals surface area (Å²) in [4.78, 5) is 10.8. The number of hydrogen-bond donors (Lipinski definition) is 0. The molecule has 0 aliphatic rings. The van der Waals surface area contributed by atoms with E-state index in [1.165, 1.54) is 19.1 Å². The van der Waals surface area contributed by atoms with Gasteiger partial charge in [-0.2, -0.15) is 22.0 Å². The Morgan fingerprint density at radius 1 is 1.11 bits per heavy atom. The fourth-order valence-corrected chi connectivity index (χ4v) is 1.14. The third kappa shape index (κ3) is 2.96. The summed E-state index contributed by atoms with van der Waals surface area (Å²) in [6.45, 7) is 1.21. The van der Waals surface area contributed by atoms with Crippen molar-refractivity contribution in [1.29, 1.82) is 0 Å². The molecule has 0 radical (unpaired) electrons. The number of halogens is 5. The third-order valence-electron chi connectivity index (χ3n) is 2.17. The van der Waals surface area contributed by atoms with E-state index in [0.717, 1.165) is 0 Å². The highest BCUT2D eigenvalue weighted by atomic mass is 19.4.